The molecule has 0 spiro atoms. The lowest BCUT2D eigenvalue weighted by Gasteiger charge is -2.32. The monoisotopic (exact) mass is 318 g/mol. The van der Waals surface area contributed by atoms with Crippen LogP contribution in [0, 0.1) is 0 Å². The molecule has 1 aliphatic rings. The molecule has 2 rings (SSSR count). The lowest BCUT2D eigenvalue weighted by Crippen LogP contribution is -2.44. The van der Waals surface area contributed by atoms with Crippen molar-refractivity contribution in [1.29, 1.82) is 0 Å². The molecule has 2 N–H and O–H groups in total. The van der Waals surface area contributed by atoms with Gasteiger partial charge in [0.1, 0.15) is 5.75 Å². The molecule has 0 atom stereocenters. The van der Waals surface area contributed by atoms with E-state index in [4.69, 9.17) is 0 Å². The number of amides is 1. The van der Waals surface area contributed by atoms with Gasteiger partial charge in [-0.05, 0) is 49.4 Å². The van der Waals surface area contributed by atoms with E-state index in [-0.39, 0.29) is 17.7 Å². The van der Waals surface area contributed by atoms with Crippen molar-refractivity contribution in [2.24, 2.45) is 0 Å². The minimum atomic E-state index is -0.162. The zero-order chi connectivity index (χ0) is 16.8. The third kappa shape index (κ3) is 4.96. The number of benzene rings is 1. The van der Waals surface area contributed by atoms with E-state index in [1.165, 1.54) is 12.8 Å². The van der Waals surface area contributed by atoms with Crippen LogP contribution in [-0.2, 0) is 0 Å². The minimum Gasteiger partial charge on any atom is -0.507 e. The van der Waals surface area contributed by atoms with E-state index in [9.17, 15) is 9.90 Å². The average molecular weight is 318 g/mol. The Kier molecular flexibility index (Phi) is 6.46. The zero-order valence-corrected chi connectivity index (χ0v) is 14.6. The Balaban J connectivity index is 1.88. The molecule has 1 amide bonds. The number of piperidine rings is 1. The third-order valence-electron chi connectivity index (χ3n) is 4.68. The number of likely N-dealkylation sites (tertiary alicyclic amines) is 1. The number of nitrogens with one attached hydrogen (secondary N) is 1. The summed E-state index contributed by atoms with van der Waals surface area (Å²) >= 11 is 0. The van der Waals surface area contributed by atoms with Gasteiger partial charge >= 0.3 is 0 Å². The second-order valence-corrected chi connectivity index (χ2v) is 6.87. The van der Waals surface area contributed by atoms with E-state index < -0.39 is 0 Å². The van der Waals surface area contributed by atoms with Gasteiger partial charge in [-0.25, -0.2) is 0 Å². The Labute approximate surface area is 139 Å². The molecule has 23 heavy (non-hydrogen) atoms. The fourth-order valence-corrected chi connectivity index (χ4v) is 3.05. The van der Waals surface area contributed by atoms with E-state index >= 15 is 0 Å². The van der Waals surface area contributed by atoms with Crippen molar-refractivity contribution in [1.82, 2.24) is 10.2 Å². The molecule has 1 aromatic carbocycles. The number of unbranched alkanes of at least 4 members (excludes halogenated alkanes) is 1. The normalized spacial score (nSPS) is 16.7. The zero-order valence-electron chi connectivity index (χ0n) is 14.6. The molecule has 1 fully saturated rings. The van der Waals surface area contributed by atoms with Crippen molar-refractivity contribution in [3.05, 3.63) is 29.3 Å². The van der Waals surface area contributed by atoms with Gasteiger partial charge in [-0.1, -0.05) is 33.3 Å². The molecule has 1 aromatic rings. The van der Waals surface area contributed by atoms with Crippen molar-refractivity contribution >= 4 is 5.91 Å². The van der Waals surface area contributed by atoms with E-state index in [0.29, 0.717) is 11.5 Å². The van der Waals surface area contributed by atoms with Crippen LogP contribution in [0.2, 0.25) is 0 Å². The molecule has 0 bridgehead atoms. The molecule has 1 aliphatic heterocycles. The minimum absolute atomic E-state index is 0.0779. The number of carbonyl (C=O) groups excluding carboxylic acids is 1. The Morgan fingerprint density at radius 3 is 2.61 bits per heavy atom. The highest BCUT2D eigenvalue weighted by molar-refractivity contribution is 5.97. The van der Waals surface area contributed by atoms with E-state index in [1.54, 1.807) is 12.1 Å². The summed E-state index contributed by atoms with van der Waals surface area (Å²) in [6.07, 6.45) is 4.44. The second-order valence-electron chi connectivity index (χ2n) is 6.87. The van der Waals surface area contributed by atoms with Crippen LogP contribution in [-0.4, -0.2) is 41.6 Å². The maximum Gasteiger partial charge on any atom is 0.255 e. The number of hydrogen-bond acceptors (Lipinski definition) is 3. The van der Waals surface area contributed by atoms with E-state index in [0.717, 1.165) is 38.0 Å². The van der Waals surface area contributed by atoms with Crippen LogP contribution in [0.5, 0.6) is 5.75 Å². The Morgan fingerprint density at radius 1 is 1.35 bits per heavy atom. The fraction of sp³-hybridized carbons (Fsp3) is 0.632. The quantitative estimate of drug-likeness (QED) is 0.844. The highest BCUT2D eigenvalue weighted by atomic mass is 16.3. The molecule has 0 radical (unpaired) electrons. The van der Waals surface area contributed by atoms with Crippen LogP contribution in [0.25, 0.3) is 0 Å². The Morgan fingerprint density at radius 2 is 2.04 bits per heavy atom. The topological polar surface area (TPSA) is 52.6 Å². The maximum absolute atomic E-state index is 12.4. The average Bonchev–Trinajstić information content (AvgIpc) is 2.53. The highest BCUT2D eigenvalue weighted by Gasteiger charge is 2.22. The first-order chi connectivity index (χ1) is 11.0. The molecule has 0 aliphatic carbocycles. The van der Waals surface area contributed by atoms with Gasteiger partial charge in [0.2, 0.25) is 0 Å². The number of hydrogen-bond donors (Lipinski definition) is 2. The number of rotatable bonds is 6. The van der Waals surface area contributed by atoms with Crippen molar-refractivity contribution in [3.63, 3.8) is 0 Å². The van der Waals surface area contributed by atoms with Crippen LogP contribution >= 0.6 is 0 Å². The van der Waals surface area contributed by atoms with Gasteiger partial charge in [0.25, 0.3) is 5.91 Å². The number of phenolic OH excluding ortho intramolecular Hbond substituents is 1. The standard InChI is InChI=1S/C19H30N2O2/c1-4-5-10-21-11-8-16(9-12-21)20-19(23)17-7-6-15(14(2)3)13-18(17)22/h6-7,13-14,16,22H,4-5,8-12H2,1-3H3,(H,20,23). The number of nitrogens with zero attached hydrogens (tertiary/aromatic N) is 1. The summed E-state index contributed by atoms with van der Waals surface area (Å²) in [7, 11) is 0. The van der Waals surface area contributed by atoms with Crippen molar-refractivity contribution < 1.29 is 9.90 Å². The van der Waals surface area contributed by atoms with Gasteiger partial charge in [-0.3, -0.25) is 4.79 Å². The predicted octanol–water partition coefficient (Wildman–Crippen LogP) is 3.51. The SMILES string of the molecule is CCCCN1CCC(NC(=O)c2ccc(C(C)C)cc2O)CC1. The number of aromatic hydroxyl groups is 1. The second kappa shape index (κ2) is 8.34. The van der Waals surface area contributed by atoms with Crippen LogP contribution in [0.1, 0.15) is 68.3 Å². The Hall–Kier alpha value is -1.55. The highest BCUT2D eigenvalue weighted by Crippen LogP contribution is 2.24. The first-order valence-corrected chi connectivity index (χ1v) is 8.87. The summed E-state index contributed by atoms with van der Waals surface area (Å²) in [5, 5.41) is 13.2. The van der Waals surface area contributed by atoms with Crippen LogP contribution < -0.4 is 5.32 Å². The Bertz CT molecular complexity index is 520. The summed E-state index contributed by atoms with van der Waals surface area (Å²) in [6.45, 7) is 9.60. The molecule has 4 heteroatoms. The van der Waals surface area contributed by atoms with Crippen LogP contribution in [0.4, 0.5) is 0 Å². The molecule has 0 aromatic heterocycles. The summed E-state index contributed by atoms with van der Waals surface area (Å²) in [5.41, 5.74) is 1.42. The fourth-order valence-electron chi connectivity index (χ4n) is 3.05. The smallest absolute Gasteiger partial charge is 0.255 e. The van der Waals surface area contributed by atoms with E-state index in [2.05, 4.69) is 31.0 Å². The third-order valence-corrected chi connectivity index (χ3v) is 4.68. The van der Waals surface area contributed by atoms with E-state index in [1.807, 2.05) is 6.07 Å². The molecule has 1 saturated heterocycles. The number of phenols is 1. The molecule has 0 unspecified atom stereocenters. The van der Waals surface area contributed by atoms with Crippen molar-refractivity contribution in [3.8, 4) is 5.75 Å². The number of carbonyl (C=O) groups is 1. The largest absolute Gasteiger partial charge is 0.507 e. The van der Waals surface area contributed by atoms with Gasteiger partial charge in [-0.2, -0.15) is 0 Å². The van der Waals surface area contributed by atoms with Gasteiger partial charge < -0.3 is 15.3 Å². The van der Waals surface area contributed by atoms with Crippen molar-refractivity contribution in [2.45, 2.75) is 58.4 Å². The van der Waals surface area contributed by atoms with Gasteiger partial charge in [-0.15, -0.1) is 0 Å². The lowest BCUT2D eigenvalue weighted by molar-refractivity contribution is 0.0908. The molecular formula is C19H30N2O2. The van der Waals surface area contributed by atoms with Crippen molar-refractivity contribution in [2.75, 3.05) is 19.6 Å². The first-order valence-electron chi connectivity index (χ1n) is 8.87. The summed E-state index contributed by atoms with van der Waals surface area (Å²) in [6, 6.07) is 5.57. The summed E-state index contributed by atoms with van der Waals surface area (Å²) < 4.78 is 0. The summed E-state index contributed by atoms with van der Waals surface area (Å²) in [5.74, 6) is 0.254. The lowest BCUT2D eigenvalue weighted by atomic mass is 10.00. The molecule has 128 valence electrons. The summed E-state index contributed by atoms with van der Waals surface area (Å²) in [4.78, 5) is 14.9. The van der Waals surface area contributed by atoms with Gasteiger partial charge in [0.05, 0.1) is 5.56 Å². The molecule has 0 saturated carbocycles. The predicted molar refractivity (Wildman–Crippen MR) is 94.0 cm³/mol. The maximum atomic E-state index is 12.4. The van der Waals surface area contributed by atoms with Crippen LogP contribution in [0.15, 0.2) is 18.2 Å². The molecular weight excluding hydrogens is 288 g/mol. The van der Waals surface area contributed by atoms with Gasteiger partial charge in [0.15, 0.2) is 0 Å². The molecule has 1 heterocycles. The van der Waals surface area contributed by atoms with Crippen LogP contribution in [0.3, 0.4) is 0 Å². The van der Waals surface area contributed by atoms with Gasteiger partial charge in [0, 0.05) is 19.1 Å². The first kappa shape index (κ1) is 17.8. The molecule has 4 nitrogen and oxygen atoms in total.